The van der Waals surface area contributed by atoms with Crippen LogP contribution in [0.2, 0.25) is 0 Å². The van der Waals surface area contributed by atoms with Gasteiger partial charge in [0.2, 0.25) is 0 Å². The number of thioether (sulfide) groups is 1. The minimum atomic E-state index is -0.0696. The van der Waals surface area contributed by atoms with Crippen molar-refractivity contribution in [1.29, 1.82) is 0 Å². The van der Waals surface area contributed by atoms with E-state index < -0.39 is 0 Å². The van der Waals surface area contributed by atoms with Crippen LogP contribution in [-0.2, 0) is 9.59 Å². The van der Waals surface area contributed by atoms with Gasteiger partial charge in [-0.1, -0.05) is 94.0 Å². The van der Waals surface area contributed by atoms with E-state index in [0.717, 1.165) is 49.8 Å². The average Bonchev–Trinajstić information content (AvgIpc) is 3.20. The van der Waals surface area contributed by atoms with E-state index in [9.17, 15) is 9.59 Å². The van der Waals surface area contributed by atoms with Gasteiger partial charge < -0.3 is 4.90 Å². The zero-order chi connectivity index (χ0) is 21.1. The Balaban J connectivity index is 1.60. The van der Waals surface area contributed by atoms with Gasteiger partial charge in [0.05, 0.1) is 16.2 Å². The SMILES string of the molecule is CCCCCCCN1C(=O)/C(=C2\SC(=S)N(C3CCCCC3)C2=O)c2ccccc21. The summed E-state index contributed by atoms with van der Waals surface area (Å²) in [5, 5.41) is 0. The molecule has 0 bridgehead atoms. The summed E-state index contributed by atoms with van der Waals surface area (Å²) in [6.07, 6.45) is 11.3. The molecule has 6 heteroatoms. The Morgan fingerprint density at radius 1 is 1.00 bits per heavy atom. The van der Waals surface area contributed by atoms with E-state index >= 15 is 0 Å². The molecule has 2 heterocycles. The molecule has 4 rings (SSSR count). The summed E-state index contributed by atoms with van der Waals surface area (Å²) in [6, 6.07) is 8.05. The third kappa shape index (κ3) is 4.09. The van der Waals surface area contributed by atoms with Crippen molar-refractivity contribution >= 4 is 51.4 Å². The van der Waals surface area contributed by atoms with Gasteiger partial charge in [-0.3, -0.25) is 14.5 Å². The van der Waals surface area contributed by atoms with E-state index in [1.165, 1.54) is 37.4 Å². The summed E-state index contributed by atoms with van der Waals surface area (Å²) in [6.45, 7) is 2.90. The molecule has 2 fully saturated rings. The van der Waals surface area contributed by atoms with Crippen LogP contribution in [0.15, 0.2) is 29.2 Å². The van der Waals surface area contributed by atoms with Gasteiger partial charge in [-0.05, 0) is 25.3 Å². The van der Waals surface area contributed by atoms with Crippen LogP contribution in [0.3, 0.4) is 0 Å². The smallest absolute Gasteiger partial charge is 0.267 e. The molecule has 0 unspecified atom stereocenters. The molecule has 0 aromatic heterocycles. The van der Waals surface area contributed by atoms with Gasteiger partial charge in [0, 0.05) is 18.2 Å². The number of carbonyl (C=O) groups is 2. The summed E-state index contributed by atoms with van der Waals surface area (Å²) < 4.78 is 0.609. The minimum Gasteiger partial charge on any atom is -0.308 e. The fraction of sp³-hybridized carbons (Fsp3) is 0.542. The van der Waals surface area contributed by atoms with E-state index in [1.54, 1.807) is 4.90 Å². The highest BCUT2D eigenvalue weighted by Gasteiger charge is 2.43. The van der Waals surface area contributed by atoms with Crippen LogP contribution in [-0.4, -0.2) is 33.6 Å². The van der Waals surface area contributed by atoms with Crippen LogP contribution in [0.25, 0.3) is 5.57 Å². The van der Waals surface area contributed by atoms with Gasteiger partial charge in [-0.15, -0.1) is 0 Å². The second-order valence-electron chi connectivity index (χ2n) is 8.43. The van der Waals surface area contributed by atoms with E-state index in [1.807, 2.05) is 29.2 Å². The number of para-hydroxylation sites is 1. The van der Waals surface area contributed by atoms with Crippen LogP contribution in [0, 0.1) is 0 Å². The van der Waals surface area contributed by atoms with Gasteiger partial charge in [0.25, 0.3) is 11.8 Å². The minimum absolute atomic E-state index is 0.0455. The lowest BCUT2D eigenvalue weighted by Gasteiger charge is -2.29. The molecule has 160 valence electrons. The first kappa shape index (κ1) is 21.6. The number of carbonyl (C=O) groups excluding carboxylic acids is 2. The molecule has 0 atom stereocenters. The standard InChI is InChI=1S/C24H30N2O2S2/c1-2-3-4-5-11-16-25-19-15-10-9-14-18(19)20(22(25)27)21-23(28)26(24(29)30-21)17-12-7-6-8-13-17/h9-10,14-15,17H,2-8,11-13,16H2,1H3/b21-20-. The van der Waals surface area contributed by atoms with Gasteiger partial charge in [0.1, 0.15) is 4.32 Å². The fourth-order valence-corrected chi connectivity index (χ4v) is 6.25. The fourth-order valence-electron chi connectivity index (χ4n) is 4.78. The van der Waals surface area contributed by atoms with Gasteiger partial charge in [-0.25, -0.2) is 0 Å². The molecule has 4 nitrogen and oxygen atoms in total. The maximum atomic E-state index is 13.4. The lowest BCUT2D eigenvalue weighted by atomic mass is 9.94. The van der Waals surface area contributed by atoms with Crippen molar-refractivity contribution in [2.45, 2.75) is 77.2 Å². The number of amides is 2. The molecular weight excluding hydrogens is 412 g/mol. The third-order valence-corrected chi connectivity index (χ3v) is 7.78. The highest BCUT2D eigenvalue weighted by molar-refractivity contribution is 8.26. The first-order valence-corrected chi connectivity index (χ1v) is 12.6. The van der Waals surface area contributed by atoms with Crippen molar-refractivity contribution in [2.24, 2.45) is 0 Å². The summed E-state index contributed by atoms with van der Waals surface area (Å²) in [5.74, 6) is -0.115. The number of hydrogen-bond donors (Lipinski definition) is 0. The average molecular weight is 443 g/mol. The maximum Gasteiger partial charge on any atom is 0.267 e. The van der Waals surface area contributed by atoms with E-state index in [0.29, 0.717) is 21.3 Å². The molecule has 1 saturated heterocycles. The maximum absolute atomic E-state index is 13.4. The largest absolute Gasteiger partial charge is 0.308 e. The van der Waals surface area contributed by atoms with Crippen molar-refractivity contribution in [2.75, 3.05) is 11.4 Å². The molecule has 1 aromatic carbocycles. The van der Waals surface area contributed by atoms with Gasteiger partial charge in [0.15, 0.2) is 0 Å². The second kappa shape index (κ2) is 9.65. The van der Waals surface area contributed by atoms with Crippen molar-refractivity contribution in [3.05, 3.63) is 34.7 Å². The molecule has 2 aliphatic heterocycles. The molecule has 0 spiro atoms. The summed E-state index contributed by atoms with van der Waals surface area (Å²) >= 11 is 6.91. The number of rotatable bonds is 7. The number of unbranched alkanes of at least 4 members (excludes halogenated alkanes) is 4. The first-order chi connectivity index (χ1) is 14.6. The molecular formula is C24H30N2O2S2. The highest BCUT2D eigenvalue weighted by Crippen LogP contribution is 2.45. The summed E-state index contributed by atoms with van der Waals surface area (Å²) in [4.78, 5) is 31.0. The lowest BCUT2D eigenvalue weighted by Crippen LogP contribution is -2.40. The monoisotopic (exact) mass is 442 g/mol. The Labute approximate surface area is 189 Å². The number of hydrogen-bond acceptors (Lipinski definition) is 4. The summed E-state index contributed by atoms with van der Waals surface area (Å²) in [7, 11) is 0. The van der Waals surface area contributed by atoms with Crippen molar-refractivity contribution in [1.82, 2.24) is 4.90 Å². The molecule has 30 heavy (non-hydrogen) atoms. The second-order valence-corrected chi connectivity index (χ2v) is 10.1. The quantitative estimate of drug-likeness (QED) is 0.299. The van der Waals surface area contributed by atoms with Crippen LogP contribution >= 0.6 is 24.0 Å². The lowest BCUT2D eigenvalue weighted by molar-refractivity contribution is -0.124. The van der Waals surface area contributed by atoms with Crippen molar-refractivity contribution in [3.63, 3.8) is 0 Å². The first-order valence-electron chi connectivity index (χ1n) is 11.3. The van der Waals surface area contributed by atoms with Gasteiger partial charge >= 0.3 is 0 Å². The predicted molar refractivity (Wildman–Crippen MR) is 128 cm³/mol. The molecule has 1 aliphatic carbocycles. The Morgan fingerprint density at radius 2 is 1.73 bits per heavy atom. The molecule has 1 aromatic rings. The number of thiocarbonyl (C=S) groups is 1. The number of anilines is 1. The number of nitrogens with zero attached hydrogens (tertiary/aromatic N) is 2. The molecule has 3 aliphatic rings. The Bertz CT molecular complexity index is 874. The summed E-state index contributed by atoms with van der Waals surface area (Å²) in [5.41, 5.74) is 2.35. The Kier molecular flexibility index (Phi) is 6.94. The Hall–Kier alpha value is -1.66. The highest BCUT2D eigenvalue weighted by atomic mass is 32.2. The molecule has 0 radical (unpaired) electrons. The van der Waals surface area contributed by atoms with Crippen LogP contribution in [0.1, 0.15) is 76.7 Å². The van der Waals surface area contributed by atoms with Crippen LogP contribution in [0.4, 0.5) is 5.69 Å². The van der Waals surface area contributed by atoms with Crippen LogP contribution < -0.4 is 4.90 Å². The Morgan fingerprint density at radius 3 is 2.50 bits per heavy atom. The third-order valence-electron chi connectivity index (χ3n) is 6.37. The van der Waals surface area contributed by atoms with Crippen LogP contribution in [0.5, 0.6) is 0 Å². The molecule has 1 saturated carbocycles. The number of benzene rings is 1. The van der Waals surface area contributed by atoms with Gasteiger partial charge in [-0.2, -0.15) is 0 Å². The van der Waals surface area contributed by atoms with Crippen molar-refractivity contribution in [3.8, 4) is 0 Å². The number of fused-ring (bicyclic) bond motifs is 1. The van der Waals surface area contributed by atoms with E-state index in [-0.39, 0.29) is 17.9 Å². The van der Waals surface area contributed by atoms with E-state index in [2.05, 4.69) is 6.92 Å². The normalized spacial score (nSPS) is 22.4. The zero-order valence-corrected chi connectivity index (χ0v) is 19.3. The van der Waals surface area contributed by atoms with Crippen molar-refractivity contribution < 1.29 is 9.59 Å². The van der Waals surface area contributed by atoms with E-state index in [4.69, 9.17) is 12.2 Å². The topological polar surface area (TPSA) is 40.6 Å². The molecule has 2 amide bonds. The predicted octanol–water partition coefficient (Wildman–Crippen LogP) is 5.91. The molecule has 0 N–H and O–H groups in total. The zero-order valence-electron chi connectivity index (χ0n) is 17.7.